The van der Waals surface area contributed by atoms with Gasteiger partial charge in [0.2, 0.25) is 0 Å². The van der Waals surface area contributed by atoms with E-state index in [1.54, 1.807) is 0 Å². The van der Waals surface area contributed by atoms with Crippen LogP contribution in [-0.4, -0.2) is 11.3 Å². The fourth-order valence-corrected chi connectivity index (χ4v) is 0.906. The second-order valence-corrected chi connectivity index (χ2v) is 2.73. The number of hydrogen-bond donors (Lipinski definition) is 2. The van der Waals surface area contributed by atoms with Crippen molar-refractivity contribution in [3.8, 4) is 5.75 Å². The topological polar surface area (TPSA) is 46.2 Å². The number of phenolic OH excluding ortho intramolecular Hbond substituents is 1. The molecule has 0 radical (unpaired) electrons. The average Bonchev–Trinajstić information content (AvgIpc) is 2.07. The number of benzene rings is 1. The predicted molar refractivity (Wildman–Crippen MR) is 48.3 cm³/mol. The van der Waals surface area contributed by atoms with Crippen molar-refractivity contribution in [2.75, 3.05) is 0 Å². The second kappa shape index (κ2) is 4.67. The average molecular weight is 246 g/mol. The molecule has 2 nitrogen and oxygen atoms in total. The lowest BCUT2D eigenvalue weighted by molar-refractivity contribution is -0.149. The standard InChI is InChI=1S/C8H7F4NO.ClH/c9-5-3-4(1-2-6(5)14)7(13)8(10,11)12;/h1-3,7,14H,13H2;1H/t7-;/m0./s1. The van der Waals surface area contributed by atoms with Gasteiger partial charge in [0, 0.05) is 0 Å². The van der Waals surface area contributed by atoms with Crippen LogP contribution in [0.4, 0.5) is 17.6 Å². The van der Waals surface area contributed by atoms with Gasteiger partial charge < -0.3 is 10.8 Å². The van der Waals surface area contributed by atoms with Gasteiger partial charge in [-0.3, -0.25) is 0 Å². The monoisotopic (exact) mass is 245 g/mol. The highest BCUT2D eigenvalue weighted by molar-refractivity contribution is 5.85. The molecule has 1 rings (SSSR count). The van der Waals surface area contributed by atoms with Crippen LogP contribution in [0.1, 0.15) is 11.6 Å². The van der Waals surface area contributed by atoms with Gasteiger partial charge in [-0.1, -0.05) is 6.07 Å². The van der Waals surface area contributed by atoms with E-state index >= 15 is 0 Å². The Kier molecular flexibility index (Phi) is 4.36. The van der Waals surface area contributed by atoms with E-state index in [1.807, 2.05) is 0 Å². The molecule has 0 aliphatic heterocycles. The van der Waals surface area contributed by atoms with Crippen molar-refractivity contribution in [3.05, 3.63) is 29.6 Å². The van der Waals surface area contributed by atoms with Gasteiger partial charge in [0.15, 0.2) is 11.6 Å². The minimum absolute atomic E-state index is 0. The van der Waals surface area contributed by atoms with Crippen molar-refractivity contribution >= 4 is 12.4 Å². The lowest BCUT2D eigenvalue weighted by Gasteiger charge is -2.15. The molecule has 0 amide bonds. The lowest BCUT2D eigenvalue weighted by atomic mass is 10.1. The fourth-order valence-electron chi connectivity index (χ4n) is 0.906. The van der Waals surface area contributed by atoms with Crippen molar-refractivity contribution in [1.82, 2.24) is 0 Å². The van der Waals surface area contributed by atoms with Crippen LogP contribution in [0.3, 0.4) is 0 Å². The molecular formula is C8H8ClF4NO. The van der Waals surface area contributed by atoms with Crippen LogP contribution in [0.2, 0.25) is 0 Å². The molecule has 3 N–H and O–H groups in total. The number of phenols is 1. The Labute approximate surface area is 89.1 Å². The SMILES string of the molecule is Cl.N[C@@H](c1ccc(O)c(F)c1)C(F)(F)F. The van der Waals surface area contributed by atoms with E-state index in [9.17, 15) is 17.6 Å². The number of rotatable bonds is 1. The highest BCUT2D eigenvalue weighted by atomic mass is 35.5. The number of nitrogens with two attached hydrogens (primary N) is 1. The van der Waals surface area contributed by atoms with E-state index < -0.39 is 29.3 Å². The molecule has 0 saturated heterocycles. The molecule has 1 aromatic rings. The van der Waals surface area contributed by atoms with Crippen molar-refractivity contribution in [3.63, 3.8) is 0 Å². The number of hydrogen-bond acceptors (Lipinski definition) is 2. The molecule has 1 aromatic carbocycles. The Hall–Kier alpha value is -1.01. The van der Waals surface area contributed by atoms with Gasteiger partial charge in [-0.15, -0.1) is 12.4 Å². The quantitative estimate of drug-likeness (QED) is 0.747. The zero-order chi connectivity index (χ0) is 10.9. The maximum atomic E-state index is 12.7. The first kappa shape index (κ1) is 14.0. The number of aromatic hydroxyl groups is 1. The van der Waals surface area contributed by atoms with Crippen LogP contribution in [0, 0.1) is 5.82 Å². The zero-order valence-corrected chi connectivity index (χ0v) is 8.07. The van der Waals surface area contributed by atoms with Gasteiger partial charge in [-0.05, 0) is 17.7 Å². The van der Waals surface area contributed by atoms with Gasteiger partial charge in [-0.25, -0.2) is 4.39 Å². The Morgan fingerprint density at radius 2 is 1.80 bits per heavy atom. The van der Waals surface area contributed by atoms with E-state index in [2.05, 4.69) is 0 Å². The molecule has 0 saturated carbocycles. The summed E-state index contributed by atoms with van der Waals surface area (Å²) in [6.07, 6.45) is -4.62. The number of alkyl halides is 3. The van der Waals surface area contributed by atoms with Gasteiger partial charge in [0.25, 0.3) is 0 Å². The minimum Gasteiger partial charge on any atom is -0.505 e. The molecule has 0 aliphatic rings. The highest BCUT2D eigenvalue weighted by Gasteiger charge is 2.38. The summed E-state index contributed by atoms with van der Waals surface area (Å²) in [6, 6.07) is 0.0814. The largest absolute Gasteiger partial charge is 0.505 e. The third-order valence-corrected chi connectivity index (χ3v) is 1.68. The molecule has 0 fully saturated rings. The smallest absolute Gasteiger partial charge is 0.407 e. The molecule has 7 heteroatoms. The third kappa shape index (κ3) is 3.24. The summed E-state index contributed by atoms with van der Waals surface area (Å²) in [5, 5.41) is 8.73. The van der Waals surface area contributed by atoms with E-state index in [-0.39, 0.29) is 12.4 Å². The summed E-state index contributed by atoms with van der Waals surface area (Å²) in [7, 11) is 0. The Morgan fingerprint density at radius 3 is 2.20 bits per heavy atom. The first-order chi connectivity index (χ1) is 6.32. The van der Waals surface area contributed by atoms with E-state index in [0.717, 1.165) is 12.1 Å². The highest BCUT2D eigenvalue weighted by Crippen LogP contribution is 2.31. The summed E-state index contributed by atoms with van der Waals surface area (Å²) in [6.45, 7) is 0. The lowest BCUT2D eigenvalue weighted by Crippen LogP contribution is -2.28. The normalized spacial score (nSPS) is 13.1. The Morgan fingerprint density at radius 1 is 1.27 bits per heavy atom. The van der Waals surface area contributed by atoms with Gasteiger partial charge in [0.05, 0.1) is 0 Å². The van der Waals surface area contributed by atoms with Crippen LogP contribution in [0.15, 0.2) is 18.2 Å². The minimum atomic E-state index is -4.62. The summed E-state index contributed by atoms with van der Waals surface area (Å²) >= 11 is 0. The summed E-state index contributed by atoms with van der Waals surface area (Å²) < 4.78 is 48.8. The maximum absolute atomic E-state index is 12.7. The van der Waals surface area contributed by atoms with E-state index in [0.29, 0.717) is 6.07 Å². The van der Waals surface area contributed by atoms with Crippen molar-refractivity contribution in [1.29, 1.82) is 0 Å². The third-order valence-electron chi connectivity index (χ3n) is 1.68. The van der Waals surface area contributed by atoms with Gasteiger partial charge in [-0.2, -0.15) is 13.2 Å². The molecule has 0 spiro atoms. The molecule has 0 unspecified atom stereocenters. The fraction of sp³-hybridized carbons (Fsp3) is 0.250. The van der Waals surface area contributed by atoms with Gasteiger partial charge in [0.1, 0.15) is 6.04 Å². The Bertz CT molecular complexity index is 342. The van der Waals surface area contributed by atoms with Crippen LogP contribution in [0.5, 0.6) is 5.75 Å². The van der Waals surface area contributed by atoms with Crippen molar-refractivity contribution in [2.24, 2.45) is 5.73 Å². The summed E-state index contributed by atoms with van der Waals surface area (Å²) in [4.78, 5) is 0. The van der Waals surface area contributed by atoms with Crippen molar-refractivity contribution in [2.45, 2.75) is 12.2 Å². The first-order valence-corrected chi connectivity index (χ1v) is 3.63. The van der Waals surface area contributed by atoms with Crippen molar-refractivity contribution < 1.29 is 22.7 Å². The molecule has 0 bridgehead atoms. The van der Waals surface area contributed by atoms with E-state index in [1.165, 1.54) is 0 Å². The maximum Gasteiger partial charge on any atom is 0.407 e. The molecule has 86 valence electrons. The summed E-state index contributed by atoms with van der Waals surface area (Å²) in [5.74, 6) is -1.83. The predicted octanol–water partition coefficient (Wildman–Crippen LogP) is 2.52. The Balaban J connectivity index is 0.00000196. The number of halogens is 5. The van der Waals surface area contributed by atoms with Crippen LogP contribution in [0.25, 0.3) is 0 Å². The van der Waals surface area contributed by atoms with Crippen LogP contribution < -0.4 is 5.73 Å². The molecule has 0 aliphatic carbocycles. The molecule has 1 atom stereocenters. The first-order valence-electron chi connectivity index (χ1n) is 3.63. The molecule has 15 heavy (non-hydrogen) atoms. The second-order valence-electron chi connectivity index (χ2n) is 2.73. The van der Waals surface area contributed by atoms with Crippen LogP contribution in [-0.2, 0) is 0 Å². The molecular weight excluding hydrogens is 238 g/mol. The molecule has 0 heterocycles. The van der Waals surface area contributed by atoms with Crippen LogP contribution >= 0.6 is 12.4 Å². The van der Waals surface area contributed by atoms with Gasteiger partial charge >= 0.3 is 6.18 Å². The molecule has 0 aromatic heterocycles. The zero-order valence-electron chi connectivity index (χ0n) is 7.25. The summed E-state index contributed by atoms with van der Waals surface area (Å²) in [5.41, 5.74) is 4.39. The van der Waals surface area contributed by atoms with E-state index in [4.69, 9.17) is 10.8 Å².